The lowest BCUT2D eigenvalue weighted by atomic mass is 10.2. The zero-order chi connectivity index (χ0) is 12.8. The lowest BCUT2D eigenvalue weighted by Gasteiger charge is -2.22. The molecule has 1 rings (SSSR count). The normalized spacial score (nSPS) is 10.4. The van der Waals surface area contributed by atoms with Crippen molar-refractivity contribution in [1.82, 2.24) is 0 Å². The SMILES string of the molecule is COCCCN(C(C)=O)c1cc(I)ccc1Cl. The molecule has 0 N–H and O–H groups in total. The average Bonchev–Trinajstić information content (AvgIpc) is 2.28. The van der Waals surface area contributed by atoms with Crippen LogP contribution in [0, 0.1) is 3.57 Å². The standard InChI is InChI=1S/C12H15ClINO2/c1-9(16)15(6-3-7-17-2)12-8-10(14)4-5-11(12)13/h4-5,8H,3,6-7H2,1-2H3. The number of carbonyl (C=O) groups excluding carboxylic acids is 1. The van der Waals surface area contributed by atoms with Gasteiger partial charge in [-0.1, -0.05) is 11.6 Å². The summed E-state index contributed by atoms with van der Waals surface area (Å²) in [6, 6.07) is 5.64. The summed E-state index contributed by atoms with van der Waals surface area (Å²) in [4.78, 5) is 13.3. The Morgan fingerprint density at radius 3 is 2.82 bits per heavy atom. The monoisotopic (exact) mass is 367 g/mol. The molecule has 1 aromatic rings. The van der Waals surface area contributed by atoms with E-state index in [2.05, 4.69) is 22.6 Å². The number of carbonyl (C=O) groups is 1. The van der Waals surface area contributed by atoms with Crippen LogP contribution in [-0.4, -0.2) is 26.2 Å². The molecular weight excluding hydrogens is 352 g/mol. The van der Waals surface area contributed by atoms with E-state index in [4.69, 9.17) is 16.3 Å². The Kier molecular flexibility index (Phi) is 6.22. The number of halogens is 2. The van der Waals surface area contributed by atoms with Gasteiger partial charge in [-0.15, -0.1) is 0 Å². The maximum atomic E-state index is 11.6. The molecule has 0 unspecified atom stereocenters. The van der Waals surface area contributed by atoms with Crippen molar-refractivity contribution >= 4 is 45.8 Å². The first-order chi connectivity index (χ1) is 8.06. The zero-order valence-electron chi connectivity index (χ0n) is 9.87. The van der Waals surface area contributed by atoms with Crippen molar-refractivity contribution in [3.63, 3.8) is 0 Å². The van der Waals surface area contributed by atoms with Crippen LogP contribution >= 0.6 is 34.2 Å². The van der Waals surface area contributed by atoms with Crippen molar-refractivity contribution in [3.8, 4) is 0 Å². The van der Waals surface area contributed by atoms with E-state index in [1.54, 1.807) is 18.9 Å². The lowest BCUT2D eigenvalue weighted by molar-refractivity contribution is -0.116. The molecule has 1 aromatic carbocycles. The fourth-order valence-electron chi connectivity index (χ4n) is 1.51. The number of anilines is 1. The van der Waals surface area contributed by atoms with Gasteiger partial charge in [0.15, 0.2) is 0 Å². The van der Waals surface area contributed by atoms with E-state index in [1.165, 1.54) is 0 Å². The van der Waals surface area contributed by atoms with Gasteiger partial charge in [-0.25, -0.2) is 0 Å². The van der Waals surface area contributed by atoms with Crippen LogP contribution in [0.5, 0.6) is 0 Å². The molecule has 0 aliphatic carbocycles. The van der Waals surface area contributed by atoms with Crippen molar-refractivity contribution in [2.45, 2.75) is 13.3 Å². The van der Waals surface area contributed by atoms with Crippen LogP contribution in [0.25, 0.3) is 0 Å². The Bertz CT molecular complexity index is 398. The van der Waals surface area contributed by atoms with Crippen molar-refractivity contribution in [2.24, 2.45) is 0 Å². The number of amides is 1. The second-order valence-electron chi connectivity index (χ2n) is 3.61. The molecule has 0 heterocycles. The molecule has 0 fully saturated rings. The Balaban J connectivity index is 2.89. The van der Waals surface area contributed by atoms with Crippen LogP contribution in [-0.2, 0) is 9.53 Å². The van der Waals surface area contributed by atoms with Gasteiger partial charge in [0, 0.05) is 30.8 Å². The Morgan fingerprint density at radius 1 is 1.53 bits per heavy atom. The maximum Gasteiger partial charge on any atom is 0.223 e. The van der Waals surface area contributed by atoms with Gasteiger partial charge in [-0.05, 0) is 47.2 Å². The molecule has 0 aromatic heterocycles. The molecule has 0 radical (unpaired) electrons. The van der Waals surface area contributed by atoms with Gasteiger partial charge >= 0.3 is 0 Å². The highest BCUT2D eigenvalue weighted by atomic mass is 127. The molecule has 3 nitrogen and oxygen atoms in total. The predicted octanol–water partition coefficient (Wildman–Crippen LogP) is 3.33. The van der Waals surface area contributed by atoms with E-state index in [-0.39, 0.29) is 5.91 Å². The first kappa shape index (κ1) is 14.7. The number of hydrogen-bond donors (Lipinski definition) is 0. The van der Waals surface area contributed by atoms with Crippen molar-refractivity contribution < 1.29 is 9.53 Å². The minimum absolute atomic E-state index is 0.00926. The number of benzene rings is 1. The van der Waals surface area contributed by atoms with Crippen LogP contribution in [0.4, 0.5) is 5.69 Å². The van der Waals surface area contributed by atoms with E-state index < -0.39 is 0 Å². The highest BCUT2D eigenvalue weighted by molar-refractivity contribution is 14.1. The quantitative estimate of drug-likeness (QED) is 0.590. The molecule has 0 aliphatic heterocycles. The third kappa shape index (κ3) is 4.44. The summed E-state index contributed by atoms with van der Waals surface area (Å²) in [6.07, 6.45) is 0.790. The number of rotatable bonds is 5. The van der Waals surface area contributed by atoms with Crippen LogP contribution in [0.15, 0.2) is 18.2 Å². The second-order valence-corrected chi connectivity index (χ2v) is 5.27. The van der Waals surface area contributed by atoms with Crippen molar-refractivity contribution in [1.29, 1.82) is 0 Å². The van der Waals surface area contributed by atoms with Gasteiger partial charge in [0.05, 0.1) is 10.7 Å². The van der Waals surface area contributed by atoms with Crippen LogP contribution in [0.3, 0.4) is 0 Å². The van der Waals surface area contributed by atoms with E-state index in [0.29, 0.717) is 18.2 Å². The molecule has 0 atom stereocenters. The largest absolute Gasteiger partial charge is 0.385 e. The van der Waals surface area contributed by atoms with Crippen LogP contribution < -0.4 is 4.90 Å². The molecule has 17 heavy (non-hydrogen) atoms. The third-order valence-electron chi connectivity index (χ3n) is 2.31. The van der Waals surface area contributed by atoms with Gasteiger partial charge in [0.25, 0.3) is 0 Å². The van der Waals surface area contributed by atoms with E-state index in [1.807, 2.05) is 18.2 Å². The van der Waals surface area contributed by atoms with E-state index in [0.717, 1.165) is 15.7 Å². The summed E-state index contributed by atoms with van der Waals surface area (Å²) < 4.78 is 6.04. The minimum atomic E-state index is -0.00926. The minimum Gasteiger partial charge on any atom is -0.385 e. The first-order valence-corrected chi connectivity index (χ1v) is 6.74. The molecule has 5 heteroatoms. The summed E-state index contributed by atoms with van der Waals surface area (Å²) in [7, 11) is 1.65. The Morgan fingerprint density at radius 2 is 2.24 bits per heavy atom. The van der Waals surface area contributed by atoms with E-state index in [9.17, 15) is 4.79 Å². The third-order valence-corrected chi connectivity index (χ3v) is 3.30. The first-order valence-electron chi connectivity index (χ1n) is 5.28. The second kappa shape index (κ2) is 7.18. The van der Waals surface area contributed by atoms with Gasteiger partial charge < -0.3 is 9.64 Å². The zero-order valence-corrected chi connectivity index (χ0v) is 12.8. The summed E-state index contributed by atoms with van der Waals surface area (Å²) in [5.41, 5.74) is 0.766. The summed E-state index contributed by atoms with van der Waals surface area (Å²) >= 11 is 8.32. The van der Waals surface area contributed by atoms with Crippen LogP contribution in [0.1, 0.15) is 13.3 Å². The summed E-state index contributed by atoms with van der Waals surface area (Å²) in [5.74, 6) is -0.00926. The van der Waals surface area contributed by atoms with Gasteiger partial charge in [0.1, 0.15) is 0 Å². The average molecular weight is 368 g/mol. The highest BCUT2D eigenvalue weighted by Crippen LogP contribution is 2.28. The fraction of sp³-hybridized carbons (Fsp3) is 0.417. The number of ether oxygens (including phenoxy) is 1. The smallest absolute Gasteiger partial charge is 0.223 e. The topological polar surface area (TPSA) is 29.5 Å². The molecule has 94 valence electrons. The van der Waals surface area contributed by atoms with Crippen LogP contribution in [0.2, 0.25) is 5.02 Å². The van der Waals surface area contributed by atoms with E-state index >= 15 is 0 Å². The predicted molar refractivity (Wildman–Crippen MR) is 78.7 cm³/mol. The van der Waals surface area contributed by atoms with Gasteiger partial charge in [0.2, 0.25) is 5.91 Å². The highest BCUT2D eigenvalue weighted by Gasteiger charge is 2.14. The Hall–Kier alpha value is -0.330. The molecule has 0 aliphatic rings. The number of hydrogen-bond acceptors (Lipinski definition) is 2. The number of methoxy groups -OCH3 is 1. The molecule has 0 spiro atoms. The molecular formula is C12H15ClINO2. The molecule has 0 bridgehead atoms. The summed E-state index contributed by atoms with van der Waals surface area (Å²) in [5, 5.41) is 0.595. The molecule has 0 saturated heterocycles. The fourth-order valence-corrected chi connectivity index (χ4v) is 2.20. The maximum absolute atomic E-state index is 11.6. The molecule has 0 saturated carbocycles. The Labute approximate surface area is 120 Å². The van der Waals surface area contributed by atoms with Gasteiger partial charge in [-0.2, -0.15) is 0 Å². The van der Waals surface area contributed by atoms with Crippen molar-refractivity contribution in [2.75, 3.05) is 25.2 Å². The molecule has 1 amide bonds. The van der Waals surface area contributed by atoms with Crippen molar-refractivity contribution in [3.05, 3.63) is 26.8 Å². The summed E-state index contributed by atoms with van der Waals surface area (Å²) in [6.45, 7) is 2.79. The van der Waals surface area contributed by atoms with Gasteiger partial charge in [-0.3, -0.25) is 4.79 Å². The number of nitrogens with zero attached hydrogens (tertiary/aromatic N) is 1. The lowest BCUT2D eigenvalue weighted by Crippen LogP contribution is -2.30.